The summed E-state index contributed by atoms with van der Waals surface area (Å²) in [6.45, 7) is 0.267. The molecule has 0 bridgehead atoms. The van der Waals surface area contributed by atoms with E-state index in [1.54, 1.807) is 7.05 Å². The normalized spacial score (nSPS) is 10.4. The first kappa shape index (κ1) is 16.4. The molecule has 0 radical (unpaired) electrons. The van der Waals surface area contributed by atoms with Crippen molar-refractivity contribution in [2.45, 2.75) is 6.42 Å². The molecule has 2 N–H and O–H groups in total. The molecule has 0 unspecified atom stereocenters. The fraction of sp³-hybridized carbons (Fsp3) is 0.286. The van der Waals surface area contributed by atoms with E-state index in [4.69, 9.17) is 5.11 Å². The highest BCUT2D eigenvalue weighted by Gasteiger charge is 2.15. The molecule has 0 saturated carbocycles. The number of aromatic nitrogens is 1. The average Bonchev–Trinajstić information content (AvgIpc) is 2.49. The lowest BCUT2D eigenvalue weighted by Crippen LogP contribution is -2.31. The number of pyridine rings is 1. The third-order valence-electron chi connectivity index (χ3n) is 2.79. The molecule has 7 heteroatoms. The first-order valence-electron chi connectivity index (χ1n) is 6.26. The first-order chi connectivity index (χ1) is 9.95. The van der Waals surface area contributed by atoms with Crippen LogP contribution in [-0.2, 0) is 9.59 Å². The molecular formula is C14H17N3O4. The molecule has 2 amide bonds. The van der Waals surface area contributed by atoms with Crippen molar-refractivity contribution in [2.24, 2.45) is 0 Å². The van der Waals surface area contributed by atoms with Gasteiger partial charge in [0.05, 0.1) is 0 Å². The monoisotopic (exact) mass is 291 g/mol. The van der Waals surface area contributed by atoms with Gasteiger partial charge >= 0.3 is 5.97 Å². The van der Waals surface area contributed by atoms with Crippen molar-refractivity contribution in [3.63, 3.8) is 0 Å². The van der Waals surface area contributed by atoms with Gasteiger partial charge in [0, 0.05) is 56.7 Å². The quantitative estimate of drug-likeness (QED) is 0.738. The van der Waals surface area contributed by atoms with Crippen LogP contribution in [0.4, 0.5) is 0 Å². The Labute approximate surface area is 122 Å². The number of carbonyl (C=O) groups is 3. The van der Waals surface area contributed by atoms with E-state index in [2.05, 4.69) is 10.3 Å². The summed E-state index contributed by atoms with van der Waals surface area (Å²) in [6.07, 6.45) is 5.33. The molecule has 0 saturated heterocycles. The molecule has 0 fully saturated rings. The Hall–Kier alpha value is -2.70. The highest BCUT2D eigenvalue weighted by molar-refractivity contribution is 5.98. The molecule has 0 atom stereocenters. The van der Waals surface area contributed by atoms with Crippen LogP contribution in [0.2, 0.25) is 0 Å². The van der Waals surface area contributed by atoms with E-state index in [9.17, 15) is 14.4 Å². The molecular weight excluding hydrogens is 274 g/mol. The minimum atomic E-state index is -1.11. The number of carboxylic acid groups (broad SMARTS) is 1. The number of nitrogens with zero attached hydrogens (tertiary/aromatic N) is 2. The topological polar surface area (TPSA) is 99.6 Å². The maximum atomic E-state index is 12.3. The van der Waals surface area contributed by atoms with Crippen molar-refractivity contribution in [3.05, 3.63) is 35.7 Å². The van der Waals surface area contributed by atoms with Crippen LogP contribution < -0.4 is 5.32 Å². The lowest BCUT2D eigenvalue weighted by molar-refractivity contribution is -0.131. The van der Waals surface area contributed by atoms with E-state index >= 15 is 0 Å². The van der Waals surface area contributed by atoms with E-state index in [1.807, 2.05) is 0 Å². The van der Waals surface area contributed by atoms with Crippen molar-refractivity contribution < 1.29 is 19.5 Å². The van der Waals surface area contributed by atoms with Crippen molar-refractivity contribution in [2.75, 3.05) is 20.6 Å². The number of carboxylic acids is 1. The number of amides is 2. The summed E-state index contributed by atoms with van der Waals surface area (Å²) in [5.41, 5.74) is 0.749. The highest BCUT2D eigenvalue weighted by Crippen LogP contribution is 2.12. The molecule has 1 heterocycles. The second-order valence-electron chi connectivity index (χ2n) is 4.28. The number of carbonyl (C=O) groups excluding carboxylic acids is 2. The molecule has 7 nitrogen and oxygen atoms in total. The predicted molar refractivity (Wildman–Crippen MR) is 76.6 cm³/mol. The Balaban J connectivity index is 2.86. The van der Waals surface area contributed by atoms with Gasteiger partial charge in [-0.25, -0.2) is 4.79 Å². The molecule has 1 rings (SSSR count). The lowest BCUT2D eigenvalue weighted by atomic mass is 10.1. The van der Waals surface area contributed by atoms with Crippen LogP contribution in [0.25, 0.3) is 6.08 Å². The van der Waals surface area contributed by atoms with Gasteiger partial charge in [0.1, 0.15) is 0 Å². The largest absolute Gasteiger partial charge is 0.478 e. The number of hydrogen-bond donors (Lipinski definition) is 2. The molecule has 0 aliphatic rings. The Kier molecular flexibility index (Phi) is 6.06. The third kappa shape index (κ3) is 5.06. The average molecular weight is 291 g/mol. The van der Waals surface area contributed by atoms with E-state index in [0.29, 0.717) is 11.1 Å². The molecule has 0 aliphatic carbocycles. The van der Waals surface area contributed by atoms with Gasteiger partial charge in [-0.3, -0.25) is 14.6 Å². The first-order valence-corrected chi connectivity index (χ1v) is 6.26. The van der Waals surface area contributed by atoms with Crippen LogP contribution in [0.15, 0.2) is 24.5 Å². The van der Waals surface area contributed by atoms with Gasteiger partial charge in [-0.1, -0.05) is 0 Å². The Morgan fingerprint density at radius 2 is 2.14 bits per heavy atom. The molecule has 1 aromatic heterocycles. The van der Waals surface area contributed by atoms with Crippen molar-refractivity contribution in [1.29, 1.82) is 0 Å². The summed E-state index contributed by atoms with van der Waals surface area (Å²) in [5.74, 6) is -1.56. The zero-order valence-electron chi connectivity index (χ0n) is 11.9. The Bertz CT molecular complexity index is 569. The SMILES string of the molecule is CNC(=O)CCN(C)C(=O)c1ccncc1/C=C/C(=O)O. The van der Waals surface area contributed by atoms with Gasteiger partial charge < -0.3 is 15.3 Å². The molecule has 0 aromatic carbocycles. The van der Waals surface area contributed by atoms with E-state index in [1.165, 1.54) is 36.5 Å². The van der Waals surface area contributed by atoms with Crippen LogP contribution in [0.3, 0.4) is 0 Å². The number of aliphatic carboxylic acids is 1. The summed E-state index contributed by atoms with van der Waals surface area (Å²) in [4.78, 5) is 39.3. The Morgan fingerprint density at radius 1 is 1.43 bits per heavy atom. The number of nitrogens with one attached hydrogen (secondary N) is 1. The van der Waals surface area contributed by atoms with Crippen molar-refractivity contribution in [3.8, 4) is 0 Å². The van der Waals surface area contributed by atoms with E-state index in [0.717, 1.165) is 6.08 Å². The predicted octanol–water partition coefficient (Wildman–Crippen LogP) is 0.387. The third-order valence-corrected chi connectivity index (χ3v) is 2.79. The summed E-state index contributed by atoms with van der Waals surface area (Å²) in [7, 11) is 3.11. The van der Waals surface area contributed by atoms with Gasteiger partial charge in [-0.05, 0) is 12.1 Å². The maximum Gasteiger partial charge on any atom is 0.328 e. The van der Waals surface area contributed by atoms with Crippen LogP contribution >= 0.6 is 0 Å². The molecule has 112 valence electrons. The zero-order valence-corrected chi connectivity index (χ0v) is 11.9. The summed E-state index contributed by atoms with van der Waals surface area (Å²) in [5, 5.41) is 11.1. The zero-order chi connectivity index (χ0) is 15.8. The van der Waals surface area contributed by atoms with Gasteiger partial charge in [0.15, 0.2) is 0 Å². The molecule has 0 aliphatic heterocycles. The molecule has 21 heavy (non-hydrogen) atoms. The smallest absolute Gasteiger partial charge is 0.328 e. The summed E-state index contributed by atoms with van der Waals surface area (Å²) >= 11 is 0. The molecule has 0 spiro atoms. The second kappa shape index (κ2) is 7.78. The van der Waals surface area contributed by atoms with Gasteiger partial charge in [0.25, 0.3) is 5.91 Å². The summed E-state index contributed by atoms with van der Waals surface area (Å²) in [6, 6.07) is 1.51. The second-order valence-corrected chi connectivity index (χ2v) is 4.28. The van der Waals surface area contributed by atoms with Gasteiger partial charge in [-0.2, -0.15) is 0 Å². The maximum absolute atomic E-state index is 12.3. The minimum Gasteiger partial charge on any atom is -0.478 e. The lowest BCUT2D eigenvalue weighted by Gasteiger charge is -2.17. The van der Waals surface area contributed by atoms with Gasteiger partial charge in [-0.15, -0.1) is 0 Å². The van der Waals surface area contributed by atoms with Crippen LogP contribution in [0.1, 0.15) is 22.3 Å². The van der Waals surface area contributed by atoms with Crippen LogP contribution in [-0.4, -0.2) is 53.4 Å². The van der Waals surface area contributed by atoms with E-state index < -0.39 is 5.97 Å². The Morgan fingerprint density at radius 3 is 2.76 bits per heavy atom. The highest BCUT2D eigenvalue weighted by atomic mass is 16.4. The fourth-order valence-electron chi connectivity index (χ4n) is 1.60. The van der Waals surface area contributed by atoms with Crippen LogP contribution in [0.5, 0.6) is 0 Å². The van der Waals surface area contributed by atoms with Crippen LogP contribution in [0, 0.1) is 0 Å². The van der Waals surface area contributed by atoms with Crippen molar-refractivity contribution in [1.82, 2.24) is 15.2 Å². The molecule has 1 aromatic rings. The van der Waals surface area contributed by atoms with E-state index in [-0.39, 0.29) is 24.8 Å². The minimum absolute atomic E-state index is 0.157. The van der Waals surface area contributed by atoms with Gasteiger partial charge in [0.2, 0.25) is 5.91 Å². The number of rotatable bonds is 6. The fourth-order valence-corrected chi connectivity index (χ4v) is 1.60. The summed E-state index contributed by atoms with van der Waals surface area (Å²) < 4.78 is 0. The number of hydrogen-bond acceptors (Lipinski definition) is 4. The van der Waals surface area contributed by atoms with Crippen molar-refractivity contribution >= 4 is 23.9 Å². The standard InChI is InChI=1S/C14H17N3O4/c1-15-12(18)6-8-17(2)14(21)11-5-7-16-9-10(11)3-4-13(19)20/h3-5,7,9H,6,8H2,1-2H3,(H,15,18)(H,19,20)/b4-3+.